The van der Waals surface area contributed by atoms with Crippen molar-refractivity contribution in [3.05, 3.63) is 23.8 Å². The molecule has 144 valence electrons. The maximum atomic E-state index is 12.7. The Labute approximate surface area is 150 Å². The lowest BCUT2D eigenvalue weighted by Gasteiger charge is -2.23. The normalized spacial score (nSPS) is 12.8. The Kier molecular flexibility index (Phi) is 7.82. The molecular formula is C17H23FN2O6. The Morgan fingerprint density at radius 2 is 1.62 bits per heavy atom. The number of aliphatic carboxylic acids is 1. The van der Waals surface area contributed by atoms with Gasteiger partial charge < -0.3 is 25.2 Å². The van der Waals surface area contributed by atoms with E-state index in [2.05, 4.69) is 10.6 Å². The molecule has 1 aromatic carbocycles. The third-order valence-electron chi connectivity index (χ3n) is 3.62. The van der Waals surface area contributed by atoms with Crippen molar-refractivity contribution >= 4 is 17.8 Å². The fourth-order valence-electron chi connectivity index (χ4n) is 2.13. The second-order valence-electron chi connectivity index (χ2n) is 5.85. The Morgan fingerprint density at radius 1 is 1.08 bits per heavy atom. The number of carboxylic acids is 1. The fourth-order valence-corrected chi connectivity index (χ4v) is 2.13. The molecule has 0 heterocycles. The van der Waals surface area contributed by atoms with Gasteiger partial charge in [-0.1, -0.05) is 13.8 Å². The summed E-state index contributed by atoms with van der Waals surface area (Å²) in [6.07, 6.45) is 0. The average Bonchev–Trinajstić information content (AvgIpc) is 2.62. The maximum absolute atomic E-state index is 12.7. The highest BCUT2D eigenvalue weighted by atomic mass is 19.1. The second-order valence-corrected chi connectivity index (χ2v) is 5.85. The third kappa shape index (κ3) is 5.61. The van der Waals surface area contributed by atoms with Gasteiger partial charge in [0, 0.05) is 11.6 Å². The van der Waals surface area contributed by atoms with E-state index >= 15 is 0 Å². The number of amides is 2. The summed E-state index contributed by atoms with van der Waals surface area (Å²) in [5.41, 5.74) is 0.194. The van der Waals surface area contributed by atoms with E-state index in [1.54, 1.807) is 19.9 Å². The molecule has 3 N–H and O–H groups in total. The minimum atomic E-state index is -1.67. The van der Waals surface area contributed by atoms with Gasteiger partial charge in [-0.3, -0.25) is 9.59 Å². The van der Waals surface area contributed by atoms with Crippen LogP contribution in [-0.2, 0) is 9.59 Å². The Morgan fingerprint density at radius 3 is 2.00 bits per heavy atom. The number of halogens is 1. The van der Waals surface area contributed by atoms with Gasteiger partial charge in [-0.25, -0.2) is 9.18 Å². The Balaban J connectivity index is 2.98. The summed E-state index contributed by atoms with van der Waals surface area (Å²) >= 11 is 0. The molecule has 0 aliphatic heterocycles. The summed E-state index contributed by atoms with van der Waals surface area (Å²) in [5.74, 6) is -2.43. The summed E-state index contributed by atoms with van der Waals surface area (Å²) in [6, 6.07) is 1.80. The van der Waals surface area contributed by atoms with Crippen LogP contribution in [-0.4, -0.2) is 55.9 Å². The zero-order valence-electron chi connectivity index (χ0n) is 15.0. The summed E-state index contributed by atoms with van der Waals surface area (Å²) in [5, 5.41) is 13.4. The summed E-state index contributed by atoms with van der Waals surface area (Å²) in [6.45, 7) is 2.08. The smallest absolute Gasteiger partial charge is 0.328 e. The van der Waals surface area contributed by atoms with E-state index in [9.17, 15) is 18.8 Å². The molecule has 0 aliphatic rings. The number of hydrogen-bond acceptors (Lipinski definition) is 5. The van der Waals surface area contributed by atoms with Gasteiger partial charge in [0.15, 0.2) is 6.04 Å². The van der Waals surface area contributed by atoms with Crippen LogP contribution in [0.15, 0.2) is 18.2 Å². The number of carboxylic acid groups (broad SMARTS) is 1. The topological polar surface area (TPSA) is 114 Å². The predicted octanol–water partition coefficient (Wildman–Crippen LogP) is 0.997. The predicted molar refractivity (Wildman–Crippen MR) is 91.2 cm³/mol. The number of nitrogens with one attached hydrogen (secondary N) is 2. The van der Waals surface area contributed by atoms with Crippen molar-refractivity contribution in [2.75, 3.05) is 20.9 Å². The van der Waals surface area contributed by atoms with Gasteiger partial charge in [0.1, 0.15) is 24.2 Å². The van der Waals surface area contributed by atoms with Crippen LogP contribution in [0.3, 0.4) is 0 Å². The van der Waals surface area contributed by atoms with Crippen molar-refractivity contribution in [1.29, 1.82) is 0 Å². The lowest BCUT2D eigenvalue weighted by atomic mass is 10.0. The van der Waals surface area contributed by atoms with E-state index < -0.39 is 36.5 Å². The van der Waals surface area contributed by atoms with Crippen LogP contribution in [0, 0.1) is 5.92 Å². The molecule has 2 atom stereocenters. The molecule has 2 amide bonds. The molecule has 0 fully saturated rings. The minimum absolute atomic E-state index is 0.194. The van der Waals surface area contributed by atoms with Crippen LogP contribution < -0.4 is 20.1 Å². The average molecular weight is 370 g/mol. The van der Waals surface area contributed by atoms with Crippen molar-refractivity contribution in [3.63, 3.8) is 0 Å². The van der Waals surface area contributed by atoms with E-state index in [1.165, 1.54) is 26.4 Å². The van der Waals surface area contributed by atoms with Crippen LogP contribution in [0.5, 0.6) is 11.5 Å². The van der Waals surface area contributed by atoms with E-state index in [0.717, 1.165) is 0 Å². The third-order valence-corrected chi connectivity index (χ3v) is 3.62. The Hall–Kier alpha value is -2.84. The highest BCUT2D eigenvalue weighted by Crippen LogP contribution is 2.22. The summed E-state index contributed by atoms with van der Waals surface area (Å²) in [7, 11) is 2.87. The Bertz CT molecular complexity index is 642. The number of benzene rings is 1. The van der Waals surface area contributed by atoms with Gasteiger partial charge in [-0.05, 0) is 18.1 Å². The molecular weight excluding hydrogens is 347 g/mol. The van der Waals surface area contributed by atoms with Crippen LogP contribution in [0.2, 0.25) is 0 Å². The van der Waals surface area contributed by atoms with Crippen LogP contribution in [0.1, 0.15) is 24.2 Å². The molecule has 9 heteroatoms. The number of rotatable bonds is 9. The van der Waals surface area contributed by atoms with Gasteiger partial charge in [-0.15, -0.1) is 0 Å². The van der Waals surface area contributed by atoms with Crippen LogP contribution in [0.4, 0.5) is 4.39 Å². The van der Waals surface area contributed by atoms with Gasteiger partial charge in [0.05, 0.1) is 14.2 Å². The summed E-state index contributed by atoms with van der Waals surface area (Å²) < 4.78 is 22.9. The quantitative estimate of drug-likeness (QED) is 0.597. The zero-order valence-corrected chi connectivity index (χ0v) is 15.0. The van der Waals surface area contributed by atoms with Gasteiger partial charge >= 0.3 is 5.97 Å². The van der Waals surface area contributed by atoms with E-state index in [1.807, 2.05) is 0 Å². The molecule has 0 radical (unpaired) electrons. The van der Waals surface area contributed by atoms with Crippen LogP contribution >= 0.6 is 0 Å². The monoisotopic (exact) mass is 370 g/mol. The van der Waals surface area contributed by atoms with Crippen molar-refractivity contribution < 1.29 is 33.4 Å². The van der Waals surface area contributed by atoms with Crippen molar-refractivity contribution in [2.45, 2.75) is 25.9 Å². The minimum Gasteiger partial charge on any atom is -0.497 e. The van der Waals surface area contributed by atoms with E-state index in [4.69, 9.17) is 14.6 Å². The molecule has 2 unspecified atom stereocenters. The molecule has 8 nitrogen and oxygen atoms in total. The number of hydrogen-bond donors (Lipinski definition) is 3. The molecule has 0 spiro atoms. The standard InChI is InChI=1S/C17H23FN2O6/c1-9(2)14(16(22)19-13(8-18)17(23)24)20-15(21)10-5-11(25-3)7-12(6-10)26-4/h5-7,9,13-14H,8H2,1-4H3,(H,19,22)(H,20,21)(H,23,24). The first kappa shape index (κ1) is 21.2. The lowest BCUT2D eigenvalue weighted by molar-refractivity contribution is -0.142. The number of ether oxygens (including phenoxy) is 2. The first-order valence-electron chi connectivity index (χ1n) is 7.86. The molecule has 0 aromatic heterocycles. The molecule has 0 saturated heterocycles. The first-order chi connectivity index (χ1) is 12.2. The largest absolute Gasteiger partial charge is 0.497 e. The fraction of sp³-hybridized carbons (Fsp3) is 0.471. The van der Waals surface area contributed by atoms with E-state index in [-0.39, 0.29) is 11.5 Å². The van der Waals surface area contributed by atoms with Gasteiger partial charge in [0.2, 0.25) is 5.91 Å². The molecule has 0 bridgehead atoms. The van der Waals surface area contributed by atoms with Crippen molar-refractivity contribution in [3.8, 4) is 11.5 Å². The second kappa shape index (κ2) is 9.59. The number of methoxy groups -OCH3 is 2. The summed E-state index contributed by atoms with van der Waals surface area (Å²) in [4.78, 5) is 35.6. The zero-order chi connectivity index (χ0) is 19.9. The van der Waals surface area contributed by atoms with Crippen molar-refractivity contribution in [1.82, 2.24) is 10.6 Å². The highest BCUT2D eigenvalue weighted by Gasteiger charge is 2.29. The van der Waals surface area contributed by atoms with Gasteiger partial charge in [-0.2, -0.15) is 0 Å². The van der Waals surface area contributed by atoms with Crippen molar-refractivity contribution in [2.24, 2.45) is 5.92 Å². The molecule has 0 saturated carbocycles. The highest BCUT2D eigenvalue weighted by molar-refractivity contribution is 5.98. The first-order valence-corrected chi connectivity index (χ1v) is 7.86. The SMILES string of the molecule is COc1cc(OC)cc(C(=O)NC(C(=O)NC(CF)C(=O)O)C(C)C)c1. The molecule has 1 rings (SSSR count). The maximum Gasteiger partial charge on any atom is 0.328 e. The molecule has 0 aliphatic carbocycles. The molecule has 1 aromatic rings. The number of carbonyl (C=O) groups excluding carboxylic acids is 2. The number of alkyl halides is 1. The van der Waals surface area contributed by atoms with E-state index in [0.29, 0.717) is 11.5 Å². The number of carbonyl (C=O) groups is 3. The van der Waals surface area contributed by atoms with Crippen LogP contribution in [0.25, 0.3) is 0 Å². The lowest BCUT2D eigenvalue weighted by Crippen LogP contribution is -2.54. The molecule has 26 heavy (non-hydrogen) atoms. The van der Waals surface area contributed by atoms with Gasteiger partial charge in [0.25, 0.3) is 5.91 Å².